The molecule has 3 nitrogen and oxygen atoms in total. The maximum atomic E-state index is 13.4. The maximum absolute atomic E-state index is 13.4. The van der Waals surface area contributed by atoms with Crippen molar-refractivity contribution in [3.63, 3.8) is 0 Å². The van der Waals surface area contributed by atoms with Crippen molar-refractivity contribution in [3.05, 3.63) is 29.6 Å². The summed E-state index contributed by atoms with van der Waals surface area (Å²) in [5, 5.41) is 3.18. The molecule has 1 unspecified atom stereocenters. The van der Waals surface area contributed by atoms with Crippen molar-refractivity contribution in [2.24, 2.45) is 0 Å². The minimum absolute atomic E-state index is 0.0226. The van der Waals surface area contributed by atoms with E-state index in [1.54, 1.807) is 20.3 Å². The van der Waals surface area contributed by atoms with Crippen molar-refractivity contribution in [3.8, 4) is 5.75 Å². The van der Waals surface area contributed by atoms with Crippen LogP contribution in [-0.4, -0.2) is 26.9 Å². The van der Waals surface area contributed by atoms with E-state index in [1.807, 2.05) is 20.9 Å². The molecule has 1 N–H and O–H groups in total. The Hall–Kier alpha value is -1.13. The van der Waals surface area contributed by atoms with E-state index in [1.165, 1.54) is 12.1 Å². The minimum atomic E-state index is -0.287. The first-order chi connectivity index (χ1) is 8.43. The summed E-state index contributed by atoms with van der Waals surface area (Å²) in [6, 6.07) is 4.53. The Morgan fingerprint density at radius 2 is 2.00 bits per heavy atom. The number of nitrogens with one attached hydrogen (secondary N) is 1. The Morgan fingerprint density at radius 1 is 1.33 bits per heavy atom. The van der Waals surface area contributed by atoms with Gasteiger partial charge in [-0.05, 0) is 45.5 Å². The second kappa shape index (κ2) is 6.16. The zero-order valence-corrected chi connectivity index (χ0v) is 11.7. The molecule has 102 valence electrons. The molecule has 0 saturated carbocycles. The molecular formula is C14H22FNO2. The van der Waals surface area contributed by atoms with E-state index in [0.29, 0.717) is 5.75 Å². The van der Waals surface area contributed by atoms with Gasteiger partial charge in [-0.2, -0.15) is 0 Å². The van der Waals surface area contributed by atoms with Gasteiger partial charge in [0.15, 0.2) is 0 Å². The van der Waals surface area contributed by atoms with Crippen molar-refractivity contribution in [1.82, 2.24) is 5.32 Å². The molecule has 0 saturated heterocycles. The average molecular weight is 255 g/mol. The molecule has 1 aromatic rings. The molecule has 0 aliphatic carbocycles. The summed E-state index contributed by atoms with van der Waals surface area (Å²) in [5.41, 5.74) is 0.524. The highest BCUT2D eigenvalue weighted by atomic mass is 19.1. The molecule has 18 heavy (non-hydrogen) atoms. The van der Waals surface area contributed by atoms with Gasteiger partial charge >= 0.3 is 0 Å². The van der Waals surface area contributed by atoms with E-state index < -0.39 is 0 Å². The molecule has 0 aliphatic heterocycles. The molecule has 0 amide bonds. The lowest BCUT2D eigenvalue weighted by Crippen LogP contribution is -2.30. The maximum Gasteiger partial charge on any atom is 0.123 e. The van der Waals surface area contributed by atoms with Crippen molar-refractivity contribution in [2.75, 3.05) is 21.3 Å². The monoisotopic (exact) mass is 255 g/mol. The first kappa shape index (κ1) is 14.9. The number of halogens is 1. The lowest BCUT2D eigenvalue weighted by atomic mass is 9.93. The molecule has 0 heterocycles. The van der Waals surface area contributed by atoms with Gasteiger partial charge in [0, 0.05) is 18.7 Å². The average Bonchev–Trinajstić information content (AvgIpc) is 2.36. The van der Waals surface area contributed by atoms with Gasteiger partial charge in [-0.15, -0.1) is 0 Å². The highest BCUT2D eigenvalue weighted by Crippen LogP contribution is 2.32. The van der Waals surface area contributed by atoms with Gasteiger partial charge in [0.1, 0.15) is 11.6 Å². The normalized spacial score (nSPS) is 13.4. The van der Waals surface area contributed by atoms with E-state index in [-0.39, 0.29) is 17.5 Å². The van der Waals surface area contributed by atoms with Crippen molar-refractivity contribution in [1.29, 1.82) is 0 Å². The Labute approximate surface area is 108 Å². The largest absolute Gasteiger partial charge is 0.496 e. The molecule has 4 heteroatoms. The molecule has 1 atom stereocenters. The van der Waals surface area contributed by atoms with Crippen molar-refractivity contribution in [2.45, 2.75) is 31.9 Å². The predicted octanol–water partition coefficient (Wildman–Crippen LogP) is 2.91. The lowest BCUT2D eigenvalue weighted by Gasteiger charge is -2.29. The first-order valence-electron chi connectivity index (χ1n) is 5.99. The number of hydrogen-bond donors (Lipinski definition) is 1. The third kappa shape index (κ3) is 3.68. The first-order valence-corrected chi connectivity index (χ1v) is 5.99. The van der Waals surface area contributed by atoms with E-state index in [4.69, 9.17) is 9.47 Å². The molecule has 0 bridgehead atoms. The SMILES string of the molecule is CNC(CC(C)(C)OC)c1cc(F)ccc1OC. The number of methoxy groups -OCH3 is 2. The molecular weight excluding hydrogens is 233 g/mol. The Morgan fingerprint density at radius 3 is 2.50 bits per heavy atom. The summed E-state index contributed by atoms with van der Waals surface area (Å²) in [6.07, 6.45) is 0.722. The van der Waals surface area contributed by atoms with Crippen molar-refractivity contribution >= 4 is 0 Å². The summed E-state index contributed by atoms with van der Waals surface area (Å²) in [4.78, 5) is 0. The minimum Gasteiger partial charge on any atom is -0.496 e. The van der Waals surface area contributed by atoms with Gasteiger partial charge in [0.2, 0.25) is 0 Å². The van der Waals surface area contributed by atoms with E-state index in [0.717, 1.165) is 12.0 Å². The molecule has 1 aromatic carbocycles. The number of benzene rings is 1. The third-order valence-corrected chi connectivity index (χ3v) is 3.16. The molecule has 1 rings (SSSR count). The van der Waals surface area contributed by atoms with Crippen LogP contribution in [0.4, 0.5) is 4.39 Å². The quantitative estimate of drug-likeness (QED) is 0.847. The highest BCUT2D eigenvalue weighted by molar-refractivity contribution is 5.36. The van der Waals surface area contributed by atoms with Crippen LogP contribution in [0.25, 0.3) is 0 Å². The van der Waals surface area contributed by atoms with Crippen LogP contribution in [0.2, 0.25) is 0 Å². The second-order valence-electron chi connectivity index (χ2n) is 4.90. The molecule has 0 radical (unpaired) electrons. The van der Waals surface area contributed by atoms with Gasteiger partial charge in [-0.1, -0.05) is 0 Å². The smallest absolute Gasteiger partial charge is 0.123 e. The van der Waals surface area contributed by atoms with Gasteiger partial charge in [0.05, 0.1) is 12.7 Å². The van der Waals surface area contributed by atoms with Gasteiger partial charge in [0.25, 0.3) is 0 Å². The van der Waals surface area contributed by atoms with E-state index in [2.05, 4.69) is 5.32 Å². The summed E-state index contributed by atoms with van der Waals surface area (Å²) >= 11 is 0. The van der Waals surface area contributed by atoms with Crippen LogP contribution in [0.15, 0.2) is 18.2 Å². The van der Waals surface area contributed by atoms with Gasteiger partial charge < -0.3 is 14.8 Å². The van der Waals surface area contributed by atoms with E-state index >= 15 is 0 Å². The highest BCUT2D eigenvalue weighted by Gasteiger charge is 2.25. The van der Waals surface area contributed by atoms with E-state index in [9.17, 15) is 4.39 Å². The zero-order chi connectivity index (χ0) is 13.8. The summed E-state index contributed by atoms with van der Waals surface area (Å²) < 4.78 is 24.1. The van der Waals surface area contributed by atoms with Crippen LogP contribution in [0, 0.1) is 5.82 Å². The Kier molecular flexibility index (Phi) is 5.11. The fraction of sp³-hybridized carbons (Fsp3) is 0.571. The summed E-state index contributed by atoms with van der Waals surface area (Å²) in [5.74, 6) is 0.420. The fourth-order valence-electron chi connectivity index (χ4n) is 1.92. The van der Waals surface area contributed by atoms with Gasteiger partial charge in [-0.25, -0.2) is 4.39 Å². The Balaban J connectivity index is 3.04. The summed E-state index contributed by atoms with van der Waals surface area (Å²) in [7, 11) is 5.11. The number of hydrogen-bond acceptors (Lipinski definition) is 3. The van der Waals surface area contributed by atoms with Crippen molar-refractivity contribution < 1.29 is 13.9 Å². The molecule has 0 fully saturated rings. The topological polar surface area (TPSA) is 30.5 Å². The van der Waals surface area contributed by atoms with Crippen LogP contribution < -0.4 is 10.1 Å². The fourth-order valence-corrected chi connectivity index (χ4v) is 1.92. The van der Waals surface area contributed by atoms with Crippen LogP contribution in [0.5, 0.6) is 5.75 Å². The summed E-state index contributed by atoms with van der Waals surface area (Å²) in [6.45, 7) is 4.01. The number of ether oxygens (including phenoxy) is 2. The predicted molar refractivity (Wildman–Crippen MR) is 70.5 cm³/mol. The Bertz CT molecular complexity index is 393. The number of rotatable bonds is 6. The molecule has 0 aromatic heterocycles. The lowest BCUT2D eigenvalue weighted by molar-refractivity contribution is 0.00726. The molecule has 0 aliphatic rings. The third-order valence-electron chi connectivity index (χ3n) is 3.16. The molecule has 0 spiro atoms. The standard InChI is InChI=1S/C14H22FNO2/c1-14(2,18-5)9-12(16-3)11-8-10(15)6-7-13(11)17-4/h6-8,12,16H,9H2,1-5H3. The van der Waals surface area contributed by atoms with Crippen LogP contribution in [-0.2, 0) is 4.74 Å². The van der Waals surface area contributed by atoms with Crippen LogP contribution in [0.1, 0.15) is 31.9 Å². The van der Waals surface area contributed by atoms with Gasteiger partial charge in [-0.3, -0.25) is 0 Å². The zero-order valence-electron chi connectivity index (χ0n) is 11.7. The van der Waals surface area contributed by atoms with Crippen LogP contribution >= 0.6 is 0 Å². The van der Waals surface area contributed by atoms with Crippen LogP contribution in [0.3, 0.4) is 0 Å². The second-order valence-corrected chi connectivity index (χ2v) is 4.90.